The third-order valence-electron chi connectivity index (χ3n) is 7.33. The van der Waals surface area contributed by atoms with Gasteiger partial charge in [-0.15, -0.1) is 6.58 Å². The minimum Gasteiger partial charge on any atom is -0.458 e. The van der Waals surface area contributed by atoms with Crippen molar-refractivity contribution in [3.8, 4) is 0 Å². The summed E-state index contributed by atoms with van der Waals surface area (Å²) in [7, 11) is 0. The van der Waals surface area contributed by atoms with E-state index in [4.69, 9.17) is 9.47 Å². The van der Waals surface area contributed by atoms with Gasteiger partial charge in [0.15, 0.2) is 0 Å². The molecule has 9 nitrogen and oxygen atoms in total. The zero-order valence-corrected chi connectivity index (χ0v) is 29.2. The van der Waals surface area contributed by atoms with E-state index in [1.165, 1.54) is 11.0 Å². The van der Waals surface area contributed by atoms with Gasteiger partial charge in [0.25, 0.3) is 0 Å². The summed E-state index contributed by atoms with van der Waals surface area (Å²) in [5, 5.41) is 5.68. The first-order valence-corrected chi connectivity index (χ1v) is 15.9. The van der Waals surface area contributed by atoms with Crippen molar-refractivity contribution in [1.29, 1.82) is 0 Å². The summed E-state index contributed by atoms with van der Waals surface area (Å²) in [6, 6.07) is 11.8. The Morgan fingerprint density at radius 3 is 2.04 bits per heavy atom. The number of carbonyl (C=O) groups is 4. The number of alkyl carbamates (subject to hydrolysis) is 1. The molecular formula is C37H53N3O6. The van der Waals surface area contributed by atoms with Crippen LogP contribution in [0.3, 0.4) is 0 Å². The zero-order valence-electron chi connectivity index (χ0n) is 29.2. The SMILES string of the molecule is C=CCN(C(=O)C(NC(=O)OC(C)(C)C)C(C)CC)C(C(=O)NC(Cc1ccccc1)C(=O)OC(C)(C)C)c1ccc(C)cc1C. The van der Waals surface area contributed by atoms with Crippen molar-refractivity contribution in [3.63, 3.8) is 0 Å². The van der Waals surface area contributed by atoms with E-state index in [9.17, 15) is 19.2 Å². The van der Waals surface area contributed by atoms with Gasteiger partial charge in [0, 0.05) is 13.0 Å². The maximum absolute atomic E-state index is 14.5. The summed E-state index contributed by atoms with van der Waals surface area (Å²) in [5.74, 6) is -1.91. The summed E-state index contributed by atoms with van der Waals surface area (Å²) in [5.41, 5.74) is 1.64. The number of nitrogens with zero attached hydrogens (tertiary/aromatic N) is 1. The number of rotatable bonds is 13. The van der Waals surface area contributed by atoms with Gasteiger partial charge in [0.05, 0.1) is 0 Å². The quantitative estimate of drug-likeness (QED) is 0.195. The second-order valence-corrected chi connectivity index (χ2v) is 13.8. The largest absolute Gasteiger partial charge is 0.458 e. The van der Waals surface area contributed by atoms with Gasteiger partial charge in [-0.05, 0) is 78.0 Å². The second-order valence-electron chi connectivity index (χ2n) is 13.8. The van der Waals surface area contributed by atoms with Crippen LogP contribution in [0, 0.1) is 19.8 Å². The highest BCUT2D eigenvalue weighted by Gasteiger charge is 2.39. The molecule has 0 fully saturated rings. The van der Waals surface area contributed by atoms with E-state index in [1.54, 1.807) is 41.5 Å². The Hall–Kier alpha value is -4.14. The van der Waals surface area contributed by atoms with Crippen LogP contribution in [0.4, 0.5) is 4.79 Å². The van der Waals surface area contributed by atoms with Gasteiger partial charge in [0.1, 0.15) is 29.3 Å². The highest BCUT2D eigenvalue weighted by Crippen LogP contribution is 2.28. The van der Waals surface area contributed by atoms with E-state index in [2.05, 4.69) is 17.2 Å². The predicted molar refractivity (Wildman–Crippen MR) is 181 cm³/mol. The predicted octanol–water partition coefficient (Wildman–Crippen LogP) is 6.37. The highest BCUT2D eigenvalue weighted by atomic mass is 16.6. The van der Waals surface area contributed by atoms with E-state index in [0.29, 0.717) is 12.0 Å². The number of hydrogen-bond donors (Lipinski definition) is 2. The minimum atomic E-state index is -1.15. The molecule has 0 aliphatic rings. The molecule has 252 valence electrons. The van der Waals surface area contributed by atoms with Crippen LogP contribution in [0.15, 0.2) is 61.2 Å². The monoisotopic (exact) mass is 635 g/mol. The van der Waals surface area contributed by atoms with Crippen molar-refractivity contribution in [2.75, 3.05) is 6.54 Å². The van der Waals surface area contributed by atoms with E-state index in [0.717, 1.165) is 16.7 Å². The van der Waals surface area contributed by atoms with E-state index >= 15 is 0 Å². The molecule has 2 aromatic rings. The van der Waals surface area contributed by atoms with Gasteiger partial charge in [-0.25, -0.2) is 9.59 Å². The average molecular weight is 636 g/mol. The fourth-order valence-corrected chi connectivity index (χ4v) is 5.01. The first-order chi connectivity index (χ1) is 21.4. The van der Waals surface area contributed by atoms with Crippen LogP contribution in [-0.4, -0.2) is 58.6 Å². The zero-order chi connectivity index (χ0) is 34.8. The van der Waals surface area contributed by atoms with Gasteiger partial charge < -0.3 is 25.0 Å². The summed E-state index contributed by atoms with van der Waals surface area (Å²) >= 11 is 0. The molecule has 0 saturated carbocycles. The van der Waals surface area contributed by atoms with E-state index in [-0.39, 0.29) is 18.9 Å². The summed E-state index contributed by atoms with van der Waals surface area (Å²) in [6.07, 6.45) is 1.57. The molecule has 0 spiro atoms. The van der Waals surface area contributed by atoms with Gasteiger partial charge in [-0.2, -0.15) is 0 Å². The number of amides is 3. The molecule has 0 saturated heterocycles. The molecule has 4 atom stereocenters. The molecular weight excluding hydrogens is 582 g/mol. The molecule has 0 bridgehead atoms. The number of ether oxygens (including phenoxy) is 2. The maximum Gasteiger partial charge on any atom is 0.408 e. The van der Waals surface area contributed by atoms with Crippen LogP contribution >= 0.6 is 0 Å². The molecule has 0 aliphatic heterocycles. The number of carbonyl (C=O) groups excluding carboxylic acids is 4. The third-order valence-corrected chi connectivity index (χ3v) is 7.33. The lowest BCUT2D eigenvalue weighted by Crippen LogP contribution is -2.56. The molecule has 9 heteroatoms. The Bertz CT molecular complexity index is 1360. The summed E-state index contributed by atoms with van der Waals surface area (Å²) < 4.78 is 11.2. The molecule has 0 radical (unpaired) electrons. The van der Waals surface area contributed by atoms with Gasteiger partial charge in [0.2, 0.25) is 11.8 Å². The average Bonchev–Trinajstić information content (AvgIpc) is 2.94. The Balaban J connectivity index is 2.65. The van der Waals surface area contributed by atoms with Crippen LogP contribution in [0.5, 0.6) is 0 Å². The van der Waals surface area contributed by atoms with Crippen molar-refractivity contribution in [2.24, 2.45) is 5.92 Å². The van der Waals surface area contributed by atoms with Crippen molar-refractivity contribution >= 4 is 23.9 Å². The van der Waals surface area contributed by atoms with Crippen LogP contribution in [0.2, 0.25) is 0 Å². The normalized spacial score (nSPS) is 14.2. The maximum atomic E-state index is 14.5. The third kappa shape index (κ3) is 11.7. The molecule has 0 aliphatic carbocycles. The topological polar surface area (TPSA) is 114 Å². The smallest absolute Gasteiger partial charge is 0.408 e. The Kier molecular flexibility index (Phi) is 13.6. The van der Waals surface area contributed by atoms with Crippen LogP contribution in [0.25, 0.3) is 0 Å². The lowest BCUT2D eigenvalue weighted by Gasteiger charge is -2.36. The van der Waals surface area contributed by atoms with Crippen molar-refractivity contribution in [3.05, 3.63) is 83.4 Å². The fraction of sp³-hybridized carbons (Fsp3) is 0.514. The lowest BCUT2D eigenvalue weighted by molar-refractivity contribution is -0.159. The standard InChI is InChI=1S/C37H53N3O6/c1-12-21-40(33(42)30(25(4)13-2)39-35(44)46-37(9,10)11)31(28-20-19-24(3)22-26(28)5)32(41)38-29(34(43)45-36(6,7)8)23-27-17-15-14-16-18-27/h12,14-20,22,25,29-31H,1,13,21,23H2,2-11H3,(H,38,41)(H,39,44). The molecule has 2 N–H and O–H groups in total. The lowest BCUT2D eigenvalue weighted by atomic mass is 9.93. The van der Waals surface area contributed by atoms with Gasteiger partial charge in [-0.3, -0.25) is 9.59 Å². The first kappa shape index (κ1) is 38.0. The van der Waals surface area contributed by atoms with Crippen LogP contribution in [-0.2, 0) is 30.3 Å². The number of nitrogens with one attached hydrogen (secondary N) is 2. The molecule has 2 rings (SSSR count). The fourth-order valence-electron chi connectivity index (χ4n) is 5.01. The van der Waals surface area contributed by atoms with Crippen LogP contribution < -0.4 is 10.6 Å². The first-order valence-electron chi connectivity index (χ1n) is 15.9. The van der Waals surface area contributed by atoms with Gasteiger partial charge >= 0.3 is 12.1 Å². The molecule has 3 amide bonds. The molecule has 0 aromatic heterocycles. The number of hydrogen-bond acceptors (Lipinski definition) is 6. The van der Waals surface area contributed by atoms with Crippen molar-refractivity contribution < 1.29 is 28.7 Å². The minimum absolute atomic E-state index is 0.00294. The van der Waals surface area contributed by atoms with Gasteiger partial charge in [-0.1, -0.05) is 80.4 Å². The summed E-state index contributed by atoms with van der Waals surface area (Å²) in [6.45, 7) is 22.0. The van der Waals surface area contributed by atoms with E-state index in [1.807, 2.05) is 76.2 Å². The summed E-state index contributed by atoms with van der Waals surface area (Å²) in [4.78, 5) is 56.7. The van der Waals surface area contributed by atoms with Crippen molar-refractivity contribution in [1.82, 2.24) is 15.5 Å². The Labute approximate surface area is 275 Å². The molecule has 4 unspecified atom stereocenters. The number of esters is 1. The Morgan fingerprint density at radius 2 is 1.52 bits per heavy atom. The van der Waals surface area contributed by atoms with Crippen LogP contribution in [0.1, 0.15) is 90.1 Å². The number of benzene rings is 2. The molecule has 46 heavy (non-hydrogen) atoms. The highest BCUT2D eigenvalue weighted by molar-refractivity contribution is 5.94. The van der Waals surface area contributed by atoms with E-state index < -0.39 is 53.2 Å². The molecule has 0 heterocycles. The Morgan fingerprint density at radius 1 is 0.913 bits per heavy atom. The van der Waals surface area contributed by atoms with Crippen molar-refractivity contribution in [2.45, 2.75) is 111 Å². The second kappa shape index (κ2) is 16.4. The molecule has 2 aromatic carbocycles. The number of aryl methyl sites for hydroxylation is 2.